The van der Waals surface area contributed by atoms with Crippen LogP contribution in [-0.4, -0.2) is 0 Å². The van der Waals surface area contributed by atoms with Gasteiger partial charge in [0.25, 0.3) is 0 Å². The lowest BCUT2D eigenvalue weighted by atomic mass is 10.1. The Kier molecular flexibility index (Phi) is 2.63. The van der Waals surface area contributed by atoms with Crippen LogP contribution in [0.25, 0.3) is 0 Å². The fraction of sp³-hybridized carbons (Fsp3) is 0.250. The van der Waals surface area contributed by atoms with Gasteiger partial charge in [-0.15, -0.1) is 0 Å². The summed E-state index contributed by atoms with van der Waals surface area (Å²) in [5.41, 5.74) is 2.39. The average Bonchev–Trinajstić information content (AvgIpc) is 2.05. The van der Waals surface area contributed by atoms with E-state index in [1.807, 2.05) is 12.1 Å². The van der Waals surface area contributed by atoms with E-state index in [0.717, 1.165) is 12.1 Å². The SMILES string of the molecule is CCc1cccc(NS)c1. The predicted octanol–water partition coefficient (Wildman–Crippen LogP) is 2.51. The molecular weight excluding hydrogens is 142 g/mol. The van der Waals surface area contributed by atoms with Gasteiger partial charge < -0.3 is 4.72 Å². The topological polar surface area (TPSA) is 12.0 Å². The van der Waals surface area contributed by atoms with Crippen molar-refractivity contribution in [3.8, 4) is 0 Å². The zero-order chi connectivity index (χ0) is 7.40. The minimum atomic E-state index is 1.06. The zero-order valence-corrected chi connectivity index (χ0v) is 6.86. The predicted molar refractivity (Wildman–Crippen MR) is 48.4 cm³/mol. The maximum absolute atomic E-state index is 3.95. The summed E-state index contributed by atoms with van der Waals surface area (Å²) in [6.45, 7) is 2.14. The maximum Gasteiger partial charge on any atom is 0.0440 e. The van der Waals surface area contributed by atoms with Gasteiger partial charge in [0.2, 0.25) is 0 Å². The molecular formula is C8H11NS. The number of rotatable bonds is 2. The van der Waals surface area contributed by atoms with E-state index in [-0.39, 0.29) is 0 Å². The molecule has 0 aromatic heterocycles. The summed E-state index contributed by atoms with van der Waals surface area (Å²) in [4.78, 5) is 0. The highest BCUT2D eigenvalue weighted by Gasteiger charge is 1.89. The molecule has 1 aromatic rings. The number of aryl methyl sites for hydroxylation is 1. The number of thiol groups is 1. The van der Waals surface area contributed by atoms with Gasteiger partial charge in [0.15, 0.2) is 0 Å². The van der Waals surface area contributed by atoms with Gasteiger partial charge in [0, 0.05) is 5.69 Å². The van der Waals surface area contributed by atoms with Crippen molar-refractivity contribution in [2.24, 2.45) is 0 Å². The molecule has 0 aliphatic heterocycles. The fourth-order valence-corrected chi connectivity index (χ4v) is 1.000. The largest absolute Gasteiger partial charge is 0.332 e. The molecule has 0 aliphatic carbocycles. The van der Waals surface area contributed by atoms with Crippen molar-refractivity contribution in [2.75, 3.05) is 4.72 Å². The molecule has 0 atom stereocenters. The van der Waals surface area contributed by atoms with Crippen LogP contribution in [0.3, 0.4) is 0 Å². The van der Waals surface area contributed by atoms with E-state index in [1.165, 1.54) is 5.56 Å². The van der Waals surface area contributed by atoms with Crippen LogP contribution >= 0.6 is 12.8 Å². The standard InChI is InChI=1S/C8H11NS/c1-2-7-4-3-5-8(6-7)9-10/h3-6,9-10H,2H2,1H3. The molecule has 0 heterocycles. The van der Waals surface area contributed by atoms with Gasteiger partial charge in [-0.3, -0.25) is 0 Å². The third-order valence-electron chi connectivity index (χ3n) is 1.46. The summed E-state index contributed by atoms with van der Waals surface area (Å²) >= 11 is 3.95. The van der Waals surface area contributed by atoms with Gasteiger partial charge >= 0.3 is 0 Å². The monoisotopic (exact) mass is 153 g/mol. The summed E-state index contributed by atoms with van der Waals surface area (Å²) in [7, 11) is 0. The van der Waals surface area contributed by atoms with Crippen molar-refractivity contribution in [2.45, 2.75) is 13.3 Å². The zero-order valence-electron chi connectivity index (χ0n) is 5.96. The molecule has 54 valence electrons. The van der Waals surface area contributed by atoms with Gasteiger partial charge in [-0.2, -0.15) is 0 Å². The highest BCUT2D eigenvalue weighted by Crippen LogP contribution is 2.10. The first-order valence-electron chi connectivity index (χ1n) is 3.36. The molecule has 0 spiro atoms. The molecule has 1 aromatic carbocycles. The van der Waals surface area contributed by atoms with E-state index in [0.29, 0.717) is 0 Å². The van der Waals surface area contributed by atoms with Crippen molar-refractivity contribution in [3.05, 3.63) is 29.8 Å². The normalized spacial score (nSPS) is 9.40. The van der Waals surface area contributed by atoms with Crippen molar-refractivity contribution >= 4 is 18.5 Å². The number of nitrogens with one attached hydrogen (secondary N) is 1. The van der Waals surface area contributed by atoms with Crippen LogP contribution in [0.15, 0.2) is 24.3 Å². The third-order valence-corrected chi connectivity index (χ3v) is 1.72. The lowest BCUT2D eigenvalue weighted by Crippen LogP contribution is -1.83. The molecule has 1 rings (SSSR count). The summed E-state index contributed by atoms with van der Waals surface area (Å²) in [5, 5.41) is 0. The lowest BCUT2D eigenvalue weighted by molar-refractivity contribution is 1.14. The Bertz CT molecular complexity index is 191. The molecule has 0 saturated carbocycles. The second kappa shape index (κ2) is 3.52. The van der Waals surface area contributed by atoms with Crippen molar-refractivity contribution < 1.29 is 0 Å². The van der Waals surface area contributed by atoms with Gasteiger partial charge in [-0.1, -0.05) is 31.9 Å². The van der Waals surface area contributed by atoms with Crippen molar-refractivity contribution in [1.29, 1.82) is 0 Å². The summed E-state index contributed by atoms with van der Waals surface area (Å²) < 4.78 is 2.80. The second-order valence-corrected chi connectivity index (χ2v) is 2.39. The van der Waals surface area contributed by atoms with Crippen LogP contribution in [0, 0.1) is 0 Å². The van der Waals surface area contributed by atoms with Crippen molar-refractivity contribution in [1.82, 2.24) is 0 Å². The number of benzene rings is 1. The molecule has 0 bridgehead atoms. The average molecular weight is 153 g/mol. The number of anilines is 1. The van der Waals surface area contributed by atoms with Crippen LogP contribution in [0.2, 0.25) is 0 Å². The Balaban J connectivity index is 2.87. The molecule has 10 heavy (non-hydrogen) atoms. The summed E-state index contributed by atoms with van der Waals surface area (Å²) in [6, 6.07) is 8.21. The van der Waals surface area contributed by atoms with E-state index < -0.39 is 0 Å². The quantitative estimate of drug-likeness (QED) is 0.622. The lowest BCUT2D eigenvalue weighted by Gasteiger charge is -1.99. The van der Waals surface area contributed by atoms with Gasteiger partial charge in [0.1, 0.15) is 0 Å². The van der Waals surface area contributed by atoms with E-state index in [9.17, 15) is 0 Å². The van der Waals surface area contributed by atoms with Crippen LogP contribution in [-0.2, 0) is 6.42 Å². The molecule has 0 amide bonds. The maximum atomic E-state index is 3.95. The van der Waals surface area contributed by atoms with Crippen LogP contribution in [0.4, 0.5) is 5.69 Å². The minimum Gasteiger partial charge on any atom is -0.332 e. The van der Waals surface area contributed by atoms with Gasteiger partial charge in [0.05, 0.1) is 0 Å². The van der Waals surface area contributed by atoms with Gasteiger partial charge in [-0.05, 0) is 24.1 Å². The van der Waals surface area contributed by atoms with E-state index in [1.54, 1.807) is 0 Å². The van der Waals surface area contributed by atoms with Gasteiger partial charge in [-0.25, -0.2) is 0 Å². The second-order valence-electron chi connectivity index (χ2n) is 2.17. The Morgan fingerprint density at radius 2 is 2.30 bits per heavy atom. The first-order valence-corrected chi connectivity index (χ1v) is 3.80. The molecule has 0 radical (unpaired) electrons. The fourth-order valence-electron chi connectivity index (χ4n) is 0.861. The first-order chi connectivity index (χ1) is 4.86. The number of hydrogen-bond donors (Lipinski definition) is 2. The minimum absolute atomic E-state index is 1.06. The summed E-state index contributed by atoms with van der Waals surface area (Å²) in [5.74, 6) is 0. The smallest absolute Gasteiger partial charge is 0.0440 e. The van der Waals surface area contributed by atoms with E-state index in [4.69, 9.17) is 0 Å². The highest BCUT2D eigenvalue weighted by molar-refractivity contribution is 7.81. The molecule has 0 saturated heterocycles. The molecule has 1 N–H and O–H groups in total. The third kappa shape index (κ3) is 1.67. The Labute approximate surface area is 67.0 Å². The molecule has 0 fully saturated rings. The van der Waals surface area contributed by atoms with Crippen molar-refractivity contribution in [3.63, 3.8) is 0 Å². The van der Waals surface area contributed by atoms with Crippen LogP contribution < -0.4 is 4.72 Å². The highest BCUT2D eigenvalue weighted by atomic mass is 32.1. The van der Waals surface area contributed by atoms with Crippen LogP contribution in [0.5, 0.6) is 0 Å². The summed E-state index contributed by atoms with van der Waals surface area (Å²) in [6.07, 6.45) is 1.07. The Morgan fingerprint density at radius 3 is 2.90 bits per heavy atom. The first kappa shape index (κ1) is 7.48. The Morgan fingerprint density at radius 1 is 1.50 bits per heavy atom. The molecule has 0 aliphatic rings. The van der Waals surface area contributed by atoms with E-state index >= 15 is 0 Å². The van der Waals surface area contributed by atoms with E-state index in [2.05, 4.69) is 36.6 Å². The molecule has 1 nitrogen and oxygen atoms in total. The van der Waals surface area contributed by atoms with Crippen LogP contribution in [0.1, 0.15) is 12.5 Å². The Hall–Kier alpha value is -0.630. The molecule has 0 unspecified atom stereocenters. The number of hydrogen-bond acceptors (Lipinski definition) is 2. The molecule has 2 heteroatoms.